The molecule has 1 aromatic carbocycles. The molecule has 202 valence electrons. The molecule has 37 heavy (non-hydrogen) atoms. The highest BCUT2D eigenvalue weighted by Crippen LogP contribution is 2.32. The predicted octanol–water partition coefficient (Wildman–Crippen LogP) is 2.15. The van der Waals surface area contributed by atoms with E-state index in [1.54, 1.807) is 14.0 Å². The number of aromatic nitrogens is 4. The van der Waals surface area contributed by atoms with E-state index in [4.69, 9.17) is 4.74 Å². The number of hydrogen-bond donors (Lipinski definition) is 3. The minimum Gasteiger partial charge on any atom is -0.464 e. The van der Waals surface area contributed by atoms with Gasteiger partial charge in [-0.1, -0.05) is 20.3 Å². The van der Waals surface area contributed by atoms with Crippen molar-refractivity contribution < 1.29 is 18.3 Å². The van der Waals surface area contributed by atoms with Crippen molar-refractivity contribution in [1.82, 2.24) is 29.4 Å². The molecule has 3 aromatic rings. The van der Waals surface area contributed by atoms with Gasteiger partial charge in [0.1, 0.15) is 17.1 Å². The fourth-order valence-electron chi connectivity index (χ4n) is 4.76. The zero-order chi connectivity index (χ0) is 26.7. The van der Waals surface area contributed by atoms with E-state index in [-0.39, 0.29) is 22.0 Å². The maximum absolute atomic E-state index is 13.2. The van der Waals surface area contributed by atoms with Gasteiger partial charge < -0.3 is 19.7 Å². The van der Waals surface area contributed by atoms with Crippen molar-refractivity contribution in [1.29, 1.82) is 0 Å². The number of H-pyrrole nitrogens is 1. The molecule has 11 nitrogen and oxygen atoms in total. The van der Waals surface area contributed by atoms with Gasteiger partial charge in [0.25, 0.3) is 5.56 Å². The summed E-state index contributed by atoms with van der Waals surface area (Å²) < 4.78 is 36.2. The summed E-state index contributed by atoms with van der Waals surface area (Å²) in [5.41, 5.74) is 1.34. The number of aromatic amines is 1. The van der Waals surface area contributed by atoms with E-state index >= 15 is 0 Å². The average Bonchev–Trinajstić information content (AvgIpc) is 3.41. The molecule has 3 heterocycles. The third-order valence-electron chi connectivity index (χ3n) is 6.82. The second-order valence-electron chi connectivity index (χ2n) is 9.53. The number of aliphatic hydroxyl groups excluding tert-OH is 1. The Balaban J connectivity index is 1.73. The van der Waals surface area contributed by atoms with Crippen LogP contribution >= 0.6 is 0 Å². The summed E-state index contributed by atoms with van der Waals surface area (Å²) in [5, 5.41) is 14.6. The van der Waals surface area contributed by atoms with E-state index < -0.39 is 21.9 Å². The standard InChI is InChI=1S/C25H36N6O5S/c1-5-8-19-22-23(31(4)29-19)25(33)28-24(27-22)18-15-17(10-11-20(18)36-21(32)6-2)37(34,35)26-13-12-16-9-7-14-30(16)3/h10-11,15-16,21,26,32H,5-9,12-14H2,1-4H3,(H,27,28,33). The highest BCUT2D eigenvalue weighted by atomic mass is 32.2. The van der Waals surface area contributed by atoms with Crippen LogP contribution < -0.4 is 15.0 Å². The Morgan fingerprint density at radius 2 is 2.08 bits per heavy atom. The van der Waals surface area contributed by atoms with E-state index in [0.717, 1.165) is 32.2 Å². The van der Waals surface area contributed by atoms with E-state index in [0.29, 0.717) is 42.2 Å². The first-order valence-electron chi connectivity index (χ1n) is 12.8. The average molecular weight is 533 g/mol. The summed E-state index contributed by atoms with van der Waals surface area (Å²) in [4.78, 5) is 22.7. The number of aryl methyl sites for hydroxylation is 2. The monoisotopic (exact) mass is 532 g/mol. The van der Waals surface area contributed by atoms with Gasteiger partial charge in [0.2, 0.25) is 10.0 Å². The molecule has 1 aliphatic heterocycles. The SMILES string of the molecule is CCCc1nn(C)c2c(=O)[nH]c(-c3cc(S(=O)(=O)NCCC4CCCN4C)ccc3OC(O)CC)nc12. The van der Waals surface area contributed by atoms with Gasteiger partial charge in [-0.3, -0.25) is 9.48 Å². The van der Waals surface area contributed by atoms with Crippen molar-refractivity contribution in [3.05, 3.63) is 34.2 Å². The van der Waals surface area contributed by atoms with Gasteiger partial charge in [0, 0.05) is 26.1 Å². The number of hydrogen-bond acceptors (Lipinski definition) is 8. The lowest BCUT2D eigenvalue weighted by atomic mass is 10.1. The number of aliphatic hydroxyl groups is 1. The third-order valence-corrected chi connectivity index (χ3v) is 8.28. The number of ether oxygens (including phenoxy) is 1. The third kappa shape index (κ3) is 5.87. The first kappa shape index (κ1) is 27.2. The molecule has 1 aliphatic rings. The van der Waals surface area contributed by atoms with Crippen molar-refractivity contribution >= 4 is 21.1 Å². The minimum absolute atomic E-state index is 0.0170. The molecule has 0 saturated carbocycles. The molecule has 0 spiro atoms. The van der Waals surface area contributed by atoms with Crippen molar-refractivity contribution in [3.63, 3.8) is 0 Å². The fourth-order valence-corrected chi connectivity index (χ4v) is 5.83. The fraction of sp³-hybridized carbons (Fsp3) is 0.560. The molecular weight excluding hydrogens is 496 g/mol. The number of sulfonamides is 1. The summed E-state index contributed by atoms with van der Waals surface area (Å²) in [6.07, 6.45) is 3.58. The molecule has 0 bridgehead atoms. The van der Waals surface area contributed by atoms with Crippen molar-refractivity contribution in [2.45, 2.75) is 69.6 Å². The summed E-state index contributed by atoms with van der Waals surface area (Å²) in [7, 11) is -0.0957. The molecule has 2 unspecified atom stereocenters. The van der Waals surface area contributed by atoms with Crippen LogP contribution in [0.15, 0.2) is 27.9 Å². The Kier molecular flexibility index (Phi) is 8.32. The van der Waals surface area contributed by atoms with Crippen LogP contribution in [-0.2, 0) is 23.5 Å². The van der Waals surface area contributed by atoms with Crippen molar-refractivity contribution in [2.24, 2.45) is 7.05 Å². The first-order chi connectivity index (χ1) is 17.6. The highest BCUT2D eigenvalue weighted by Gasteiger charge is 2.24. The summed E-state index contributed by atoms with van der Waals surface area (Å²) in [5.74, 6) is 0.357. The smallest absolute Gasteiger partial charge is 0.277 e. The molecule has 1 fully saturated rings. The van der Waals surface area contributed by atoms with Crippen LogP contribution in [0.2, 0.25) is 0 Å². The van der Waals surface area contributed by atoms with Gasteiger partial charge in [0.05, 0.1) is 16.2 Å². The van der Waals surface area contributed by atoms with Crippen LogP contribution in [0.3, 0.4) is 0 Å². The number of rotatable bonds is 11. The number of fused-ring (bicyclic) bond motifs is 1. The van der Waals surface area contributed by atoms with E-state index in [9.17, 15) is 18.3 Å². The molecule has 0 radical (unpaired) electrons. The van der Waals surface area contributed by atoms with Crippen molar-refractivity contribution in [2.75, 3.05) is 20.1 Å². The predicted molar refractivity (Wildman–Crippen MR) is 141 cm³/mol. The molecule has 1 saturated heterocycles. The normalized spacial score (nSPS) is 17.5. The van der Waals surface area contributed by atoms with E-state index in [2.05, 4.69) is 31.7 Å². The van der Waals surface area contributed by atoms with Gasteiger partial charge in [0.15, 0.2) is 11.8 Å². The zero-order valence-electron chi connectivity index (χ0n) is 21.8. The van der Waals surface area contributed by atoms with Crippen LogP contribution in [0.1, 0.15) is 51.6 Å². The summed E-state index contributed by atoms with van der Waals surface area (Å²) in [6, 6.07) is 4.69. The first-order valence-corrected chi connectivity index (χ1v) is 14.3. The van der Waals surface area contributed by atoms with Crippen LogP contribution in [-0.4, -0.2) is 70.6 Å². The summed E-state index contributed by atoms with van der Waals surface area (Å²) >= 11 is 0. The lowest BCUT2D eigenvalue weighted by Crippen LogP contribution is -2.31. The second kappa shape index (κ2) is 11.3. The minimum atomic E-state index is -3.84. The number of likely N-dealkylation sites (tertiary alicyclic amines) is 1. The molecular formula is C25H36N6O5S. The Morgan fingerprint density at radius 1 is 1.30 bits per heavy atom. The Hall–Kier alpha value is -2.80. The van der Waals surface area contributed by atoms with Crippen molar-refractivity contribution in [3.8, 4) is 17.1 Å². The quantitative estimate of drug-likeness (QED) is 0.319. The molecule has 2 atom stereocenters. The molecule has 3 N–H and O–H groups in total. The van der Waals surface area contributed by atoms with Gasteiger partial charge in [-0.2, -0.15) is 5.10 Å². The van der Waals surface area contributed by atoms with E-state index in [1.165, 1.54) is 22.9 Å². The molecule has 12 heteroatoms. The molecule has 2 aromatic heterocycles. The lowest BCUT2D eigenvalue weighted by molar-refractivity contribution is -0.0187. The van der Waals surface area contributed by atoms with Gasteiger partial charge in [-0.15, -0.1) is 0 Å². The Morgan fingerprint density at radius 3 is 2.76 bits per heavy atom. The molecule has 4 rings (SSSR count). The Bertz CT molecular complexity index is 1420. The molecule has 0 aliphatic carbocycles. The number of nitrogens with zero attached hydrogens (tertiary/aromatic N) is 4. The summed E-state index contributed by atoms with van der Waals surface area (Å²) in [6.45, 7) is 5.11. The van der Waals surface area contributed by atoms with Crippen LogP contribution in [0.4, 0.5) is 0 Å². The van der Waals surface area contributed by atoms with Gasteiger partial charge in [-0.25, -0.2) is 18.1 Å². The van der Waals surface area contributed by atoms with E-state index in [1.807, 2.05) is 6.92 Å². The van der Waals surface area contributed by atoms with Crippen LogP contribution in [0.5, 0.6) is 5.75 Å². The number of nitrogens with one attached hydrogen (secondary N) is 2. The topological polar surface area (TPSA) is 142 Å². The lowest BCUT2D eigenvalue weighted by Gasteiger charge is -2.19. The number of benzene rings is 1. The maximum Gasteiger partial charge on any atom is 0.277 e. The van der Waals surface area contributed by atoms with Gasteiger partial charge in [-0.05, 0) is 57.5 Å². The van der Waals surface area contributed by atoms with Crippen LogP contribution in [0.25, 0.3) is 22.4 Å². The highest BCUT2D eigenvalue weighted by molar-refractivity contribution is 7.89. The molecule has 0 amide bonds. The largest absolute Gasteiger partial charge is 0.464 e. The van der Waals surface area contributed by atoms with Gasteiger partial charge >= 0.3 is 0 Å². The zero-order valence-corrected chi connectivity index (χ0v) is 22.6. The Labute approximate surface area is 216 Å². The maximum atomic E-state index is 13.2. The second-order valence-corrected chi connectivity index (χ2v) is 11.3. The van der Waals surface area contributed by atoms with Crippen LogP contribution in [0, 0.1) is 0 Å².